The van der Waals surface area contributed by atoms with Gasteiger partial charge >= 0.3 is 0 Å². The molecule has 5 nitrogen and oxygen atoms in total. The first-order valence-corrected chi connectivity index (χ1v) is 6.15. The van der Waals surface area contributed by atoms with E-state index in [1.54, 1.807) is 17.1 Å². The molecule has 0 radical (unpaired) electrons. The van der Waals surface area contributed by atoms with Crippen LogP contribution >= 0.6 is 0 Å². The monoisotopic (exact) mass is 240 g/mol. The van der Waals surface area contributed by atoms with E-state index < -0.39 is 6.10 Å². The Bertz CT molecular complexity index is 326. The molecule has 17 heavy (non-hydrogen) atoms. The van der Waals surface area contributed by atoms with Gasteiger partial charge in [0.05, 0.1) is 24.5 Å². The van der Waals surface area contributed by atoms with Gasteiger partial charge in [0, 0.05) is 19.3 Å². The highest BCUT2D eigenvalue weighted by molar-refractivity contribution is 5.30. The van der Waals surface area contributed by atoms with Gasteiger partial charge in [0.25, 0.3) is 0 Å². The first-order valence-electron chi connectivity index (χ1n) is 6.15. The van der Waals surface area contributed by atoms with Gasteiger partial charge in [-0.3, -0.25) is 4.68 Å². The van der Waals surface area contributed by atoms with Crippen molar-refractivity contribution in [3.05, 3.63) is 12.4 Å². The number of hydrogen-bond donors (Lipinski definition) is 2. The van der Waals surface area contributed by atoms with Gasteiger partial charge in [-0.05, 0) is 13.0 Å². The molecule has 0 saturated heterocycles. The minimum absolute atomic E-state index is 0.414. The SMILES string of the molecule is CCC(C)CN(C)CC(O)Cn1cc(N)cn1. The number of nitrogens with zero attached hydrogens (tertiary/aromatic N) is 3. The fourth-order valence-electron chi connectivity index (χ4n) is 1.85. The van der Waals surface area contributed by atoms with Crippen molar-refractivity contribution < 1.29 is 5.11 Å². The van der Waals surface area contributed by atoms with Gasteiger partial charge in [0.1, 0.15) is 0 Å². The minimum Gasteiger partial charge on any atom is -0.396 e. The Labute approximate surface area is 103 Å². The summed E-state index contributed by atoms with van der Waals surface area (Å²) in [6.07, 6.45) is 4.08. The molecule has 0 amide bonds. The van der Waals surface area contributed by atoms with Crippen molar-refractivity contribution >= 4 is 5.69 Å². The molecule has 2 atom stereocenters. The van der Waals surface area contributed by atoms with Gasteiger partial charge in [-0.25, -0.2) is 0 Å². The number of likely N-dealkylation sites (N-methyl/N-ethyl adjacent to an activating group) is 1. The Morgan fingerprint density at radius 2 is 2.24 bits per heavy atom. The van der Waals surface area contributed by atoms with Crippen LogP contribution in [-0.4, -0.2) is 46.0 Å². The molecule has 98 valence electrons. The van der Waals surface area contributed by atoms with E-state index in [2.05, 4.69) is 23.8 Å². The Kier molecular flexibility index (Phi) is 5.44. The third kappa shape index (κ3) is 5.19. The van der Waals surface area contributed by atoms with Crippen LogP contribution in [-0.2, 0) is 6.54 Å². The lowest BCUT2D eigenvalue weighted by Gasteiger charge is -2.23. The van der Waals surface area contributed by atoms with E-state index in [0.717, 1.165) is 13.0 Å². The molecular formula is C12H24N4O. The largest absolute Gasteiger partial charge is 0.396 e. The average molecular weight is 240 g/mol. The second-order valence-corrected chi connectivity index (χ2v) is 4.88. The van der Waals surface area contributed by atoms with Crippen LogP contribution in [0.5, 0.6) is 0 Å². The van der Waals surface area contributed by atoms with Crippen molar-refractivity contribution in [1.29, 1.82) is 0 Å². The Morgan fingerprint density at radius 3 is 2.76 bits per heavy atom. The van der Waals surface area contributed by atoms with Crippen LogP contribution < -0.4 is 5.73 Å². The number of hydrogen-bond acceptors (Lipinski definition) is 4. The summed E-state index contributed by atoms with van der Waals surface area (Å²) in [6, 6.07) is 0. The summed E-state index contributed by atoms with van der Waals surface area (Å²) < 4.78 is 1.68. The quantitative estimate of drug-likeness (QED) is 0.740. The van der Waals surface area contributed by atoms with Gasteiger partial charge in [0.2, 0.25) is 0 Å². The third-order valence-electron chi connectivity index (χ3n) is 2.89. The molecule has 0 aliphatic carbocycles. The lowest BCUT2D eigenvalue weighted by molar-refractivity contribution is 0.100. The van der Waals surface area contributed by atoms with E-state index in [1.807, 2.05) is 7.05 Å². The standard InChI is InChI=1S/C12H24N4O/c1-4-10(2)6-15(3)8-12(17)9-16-7-11(13)5-14-16/h5,7,10,12,17H,4,6,8-9,13H2,1-3H3. The molecule has 0 aromatic carbocycles. The molecule has 0 aliphatic heterocycles. The maximum Gasteiger partial charge on any atom is 0.0862 e. The zero-order valence-corrected chi connectivity index (χ0v) is 11.0. The molecule has 0 aliphatic rings. The van der Waals surface area contributed by atoms with Crippen LogP contribution in [0, 0.1) is 5.92 Å². The van der Waals surface area contributed by atoms with Crippen LogP contribution in [0.15, 0.2) is 12.4 Å². The molecular weight excluding hydrogens is 216 g/mol. The summed E-state index contributed by atoms with van der Waals surface area (Å²) in [5, 5.41) is 14.0. The second kappa shape index (κ2) is 6.61. The summed E-state index contributed by atoms with van der Waals surface area (Å²) in [6.45, 7) is 6.56. The molecule has 0 bridgehead atoms. The Balaban J connectivity index is 2.31. The number of aliphatic hydroxyl groups excluding tert-OH is 1. The van der Waals surface area contributed by atoms with Crippen LogP contribution in [0.25, 0.3) is 0 Å². The van der Waals surface area contributed by atoms with E-state index in [9.17, 15) is 5.11 Å². The number of nitrogen functional groups attached to an aromatic ring is 1. The first kappa shape index (κ1) is 14.0. The fraction of sp³-hybridized carbons (Fsp3) is 0.750. The second-order valence-electron chi connectivity index (χ2n) is 4.88. The van der Waals surface area contributed by atoms with Crippen molar-refractivity contribution in [3.63, 3.8) is 0 Å². The van der Waals surface area contributed by atoms with E-state index in [-0.39, 0.29) is 0 Å². The lowest BCUT2D eigenvalue weighted by atomic mass is 10.1. The molecule has 0 fully saturated rings. The maximum atomic E-state index is 9.92. The van der Waals surface area contributed by atoms with E-state index in [0.29, 0.717) is 24.7 Å². The molecule has 2 unspecified atom stereocenters. The zero-order valence-electron chi connectivity index (χ0n) is 11.0. The topological polar surface area (TPSA) is 67.3 Å². The normalized spacial score (nSPS) is 15.1. The van der Waals surface area contributed by atoms with E-state index in [4.69, 9.17) is 5.73 Å². The van der Waals surface area contributed by atoms with Crippen molar-refractivity contribution in [2.45, 2.75) is 32.9 Å². The summed E-state index contributed by atoms with van der Waals surface area (Å²) in [4.78, 5) is 2.16. The summed E-state index contributed by atoms with van der Waals surface area (Å²) in [5.41, 5.74) is 6.19. The van der Waals surface area contributed by atoms with Gasteiger partial charge in [-0.2, -0.15) is 5.10 Å². The smallest absolute Gasteiger partial charge is 0.0862 e. The Morgan fingerprint density at radius 1 is 1.53 bits per heavy atom. The van der Waals surface area contributed by atoms with Gasteiger partial charge in [-0.1, -0.05) is 20.3 Å². The molecule has 3 N–H and O–H groups in total. The third-order valence-corrected chi connectivity index (χ3v) is 2.89. The molecule has 1 rings (SSSR count). The number of rotatable bonds is 7. The minimum atomic E-state index is -0.414. The Hall–Kier alpha value is -1.07. The predicted molar refractivity (Wildman–Crippen MR) is 69.6 cm³/mol. The van der Waals surface area contributed by atoms with Crippen molar-refractivity contribution in [2.75, 3.05) is 25.9 Å². The number of aromatic nitrogens is 2. The molecule has 1 heterocycles. The number of anilines is 1. The highest BCUT2D eigenvalue weighted by Gasteiger charge is 2.11. The average Bonchev–Trinajstić information content (AvgIpc) is 2.63. The fourth-order valence-corrected chi connectivity index (χ4v) is 1.85. The van der Waals surface area contributed by atoms with E-state index in [1.165, 1.54) is 0 Å². The molecule has 5 heteroatoms. The highest BCUT2D eigenvalue weighted by Crippen LogP contribution is 2.04. The zero-order chi connectivity index (χ0) is 12.8. The maximum absolute atomic E-state index is 9.92. The first-order chi connectivity index (χ1) is 8.01. The van der Waals surface area contributed by atoms with Crippen molar-refractivity contribution in [3.8, 4) is 0 Å². The molecule has 1 aromatic rings. The molecule has 1 aromatic heterocycles. The molecule has 0 saturated carbocycles. The van der Waals surface area contributed by atoms with E-state index >= 15 is 0 Å². The number of nitrogens with two attached hydrogens (primary N) is 1. The molecule has 0 spiro atoms. The summed E-state index contributed by atoms with van der Waals surface area (Å²) in [7, 11) is 2.03. The van der Waals surface area contributed by atoms with Crippen LogP contribution in [0.3, 0.4) is 0 Å². The number of aliphatic hydroxyl groups is 1. The van der Waals surface area contributed by atoms with Crippen molar-refractivity contribution in [1.82, 2.24) is 14.7 Å². The van der Waals surface area contributed by atoms with Gasteiger partial charge < -0.3 is 15.7 Å². The van der Waals surface area contributed by atoms with Crippen molar-refractivity contribution in [2.24, 2.45) is 5.92 Å². The van der Waals surface area contributed by atoms with Crippen LogP contribution in [0.4, 0.5) is 5.69 Å². The predicted octanol–water partition coefficient (Wildman–Crippen LogP) is 0.804. The summed E-state index contributed by atoms with van der Waals surface area (Å²) >= 11 is 0. The highest BCUT2D eigenvalue weighted by atomic mass is 16.3. The van der Waals surface area contributed by atoms with Gasteiger partial charge in [-0.15, -0.1) is 0 Å². The lowest BCUT2D eigenvalue weighted by Crippen LogP contribution is -2.34. The van der Waals surface area contributed by atoms with Crippen LogP contribution in [0.1, 0.15) is 20.3 Å². The summed E-state index contributed by atoms with van der Waals surface area (Å²) in [5.74, 6) is 0.660. The van der Waals surface area contributed by atoms with Crippen LogP contribution in [0.2, 0.25) is 0 Å². The van der Waals surface area contributed by atoms with Gasteiger partial charge in [0.15, 0.2) is 0 Å².